The molecule has 0 spiro atoms. The van der Waals surface area contributed by atoms with Crippen molar-refractivity contribution in [2.24, 2.45) is 5.92 Å². The van der Waals surface area contributed by atoms with E-state index >= 15 is 0 Å². The first-order valence-electron chi connectivity index (χ1n) is 6.24. The average molecular weight is 232 g/mol. The predicted molar refractivity (Wildman–Crippen MR) is 66.4 cm³/mol. The van der Waals surface area contributed by atoms with Gasteiger partial charge in [-0.05, 0) is 49.1 Å². The van der Waals surface area contributed by atoms with Gasteiger partial charge in [-0.1, -0.05) is 25.3 Å². The molecule has 0 heterocycles. The second-order valence-corrected chi connectivity index (χ2v) is 4.63. The van der Waals surface area contributed by atoms with Gasteiger partial charge in [0, 0.05) is 5.56 Å². The van der Waals surface area contributed by atoms with Crippen molar-refractivity contribution < 1.29 is 9.18 Å². The Kier molecular flexibility index (Phi) is 4.08. The van der Waals surface area contributed by atoms with E-state index in [0.29, 0.717) is 11.5 Å². The van der Waals surface area contributed by atoms with Crippen molar-refractivity contribution in [2.75, 3.05) is 0 Å². The van der Waals surface area contributed by atoms with Crippen LogP contribution in [0.4, 0.5) is 4.39 Å². The minimum absolute atomic E-state index is 0.0319. The van der Waals surface area contributed by atoms with Gasteiger partial charge in [-0.3, -0.25) is 4.79 Å². The van der Waals surface area contributed by atoms with Crippen LogP contribution in [0.3, 0.4) is 0 Å². The molecule has 0 N–H and O–H groups in total. The Morgan fingerprint density at radius 2 is 1.76 bits per heavy atom. The SMILES string of the molecule is O=C(/C=C/C1CCCCC1)c1ccc(F)cc1. The van der Waals surface area contributed by atoms with Gasteiger partial charge in [0.25, 0.3) is 0 Å². The van der Waals surface area contributed by atoms with Gasteiger partial charge in [-0.15, -0.1) is 0 Å². The Morgan fingerprint density at radius 3 is 2.41 bits per heavy atom. The highest BCUT2D eigenvalue weighted by atomic mass is 19.1. The Balaban J connectivity index is 1.96. The molecule has 1 aromatic carbocycles. The molecule has 0 aliphatic heterocycles. The zero-order valence-corrected chi connectivity index (χ0v) is 9.86. The summed E-state index contributed by atoms with van der Waals surface area (Å²) < 4.78 is 12.7. The van der Waals surface area contributed by atoms with Crippen molar-refractivity contribution in [3.8, 4) is 0 Å². The third kappa shape index (κ3) is 3.52. The molecule has 0 radical (unpaired) electrons. The maximum absolute atomic E-state index is 12.7. The molecule has 2 rings (SSSR count). The highest BCUT2D eigenvalue weighted by Crippen LogP contribution is 2.24. The van der Waals surface area contributed by atoms with Gasteiger partial charge in [0.05, 0.1) is 0 Å². The first kappa shape index (κ1) is 12.0. The smallest absolute Gasteiger partial charge is 0.185 e. The van der Waals surface area contributed by atoms with E-state index in [-0.39, 0.29) is 11.6 Å². The van der Waals surface area contributed by atoms with Gasteiger partial charge >= 0.3 is 0 Å². The second kappa shape index (κ2) is 5.76. The molecule has 1 aromatic rings. The van der Waals surface area contributed by atoms with Gasteiger partial charge in [0.1, 0.15) is 5.82 Å². The molecule has 0 aromatic heterocycles. The summed E-state index contributed by atoms with van der Waals surface area (Å²) in [5.41, 5.74) is 0.554. The highest BCUT2D eigenvalue weighted by Gasteiger charge is 2.10. The van der Waals surface area contributed by atoms with Gasteiger partial charge in [0.2, 0.25) is 0 Å². The lowest BCUT2D eigenvalue weighted by molar-refractivity contribution is 0.104. The molecule has 2 heteroatoms. The number of carbonyl (C=O) groups excluding carboxylic acids is 1. The molecule has 0 amide bonds. The fourth-order valence-electron chi connectivity index (χ4n) is 2.26. The molecule has 1 saturated carbocycles. The maximum atomic E-state index is 12.7. The van der Waals surface area contributed by atoms with Crippen LogP contribution in [0.2, 0.25) is 0 Å². The number of allylic oxidation sites excluding steroid dienone is 2. The molecule has 0 atom stereocenters. The summed E-state index contributed by atoms with van der Waals surface area (Å²) in [6, 6.07) is 5.70. The summed E-state index contributed by atoms with van der Waals surface area (Å²) >= 11 is 0. The summed E-state index contributed by atoms with van der Waals surface area (Å²) in [7, 11) is 0. The zero-order chi connectivity index (χ0) is 12.1. The van der Waals surface area contributed by atoms with Crippen molar-refractivity contribution in [3.63, 3.8) is 0 Å². The molecule has 0 saturated heterocycles. The van der Waals surface area contributed by atoms with Crippen molar-refractivity contribution in [3.05, 3.63) is 47.8 Å². The van der Waals surface area contributed by atoms with Crippen LogP contribution in [0, 0.1) is 11.7 Å². The van der Waals surface area contributed by atoms with E-state index in [1.165, 1.54) is 56.4 Å². The number of hydrogen-bond acceptors (Lipinski definition) is 1. The Bertz CT molecular complexity index is 399. The van der Waals surface area contributed by atoms with E-state index in [9.17, 15) is 9.18 Å². The largest absolute Gasteiger partial charge is 0.289 e. The molecule has 1 aliphatic rings. The van der Waals surface area contributed by atoms with Crippen molar-refractivity contribution in [2.45, 2.75) is 32.1 Å². The number of carbonyl (C=O) groups is 1. The maximum Gasteiger partial charge on any atom is 0.185 e. The lowest BCUT2D eigenvalue weighted by atomic mass is 9.89. The number of ketones is 1. The van der Waals surface area contributed by atoms with Crippen LogP contribution in [0.1, 0.15) is 42.5 Å². The van der Waals surface area contributed by atoms with E-state index in [2.05, 4.69) is 0 Å². The van der Waals surface area contributed by atoms with Crippen molar-refractivity contribution >= 4 is 5.78 Å². The molecule has 0 unspecified atom stereocenters. The lowest BCUT2D eigenvalue weighted by Crippen LogP contribution is -2.04. The van der Waals surface area contributed by atoms with Crippen LogP contribution in [0.25, 0.3) is 0 Å². The molecular weight excluding hydrogens is 215 g/mol. The second-order valence-electron chi connectivity index (χ2n) is 4.63. The summed E-state index contributed by atoms with van der Waals surface area (Å²) in [6.45, 7) is 0. The minimum Gasteiger partial charge on any atom is -0.289 e. The van der Waals surface area contributed by atoms with Crippen molar-refractivity contribution in [1.82, 2.24) is 0 Å². The Labute approximate surface area is 101 Å². The average Bonchev–Trinajstić information content (AvgIpc) is 2.38. The monoisotopic (exact) mass is 232 g/mol. The van der Waals surface area contributed by atoms with E-state index < -0.39 is 0 Å². The summed E-state index contributed by atoms with van der Waals surface area (Å²) in [5, 5.41) is 0. The minimum atomic E-state index is -0.308. The fourth-order valence-corrected chi connectivity index (χ4v) is 2.26. The number of rotatable bonds is 3. The summed E-state index contributed by atoms with van der Waals surface area (Å²) in [6.07, 6.45) is 9.88. The standard InChI is InChI=1S/C15H17FO/c16-14-9-7-13(8-10-14)15(17)11-6-12-4-2-1-3-5-12/h6-12H,1-5H2/b11-6+. The lowest BCUT2D eigenvalue weighted by Gasteiger charge is -2.17. The van der Waals surface area contributed by atoms with E-state index in [1.807, 2.05) is 6.08 Å². The highest BCUT2D eigenvalue weighted by molar-refractivity contribution is 6.04. The quantitative estimate of drug-likeness (QED) is 0.565. The topological polar surface area (TPSA) is 17.1 Å². The van der Waals surface area contributed by atoms with Crippen molar-refractivity contribution in [1.29, 1.82) is 0 Å². The van der Waals surface area contributed by atoms with Crippen LogP contribution in [0.15, 0.2) is 36.4 Å². The number of benzene rings is 1. The summed E-state index contributed by atoms with van der Waals surface area (Å²) in [5.74, 6) is 0.210. The third-order valence-corrected chi connectivity index (χ3v) is 3.30. The van der Waals surface area contributed by atoms with Crippen LogP contribution < -0.4 is 0 Å². The summed E-state index contributed by atoms with van der Waals surface area (Å²) in [4.78, 5) is 11.8. The molecule has 1 aliphatic carbocycles. The first-order chi connectivity index (χ1) is 8.25. The number of halogens is 1. The molecule has 90 valence electrons. The zero-order valence-electron chi connectivity index (χ0n) is 9.86. The van der Waals surface area contributed by atoms with E-state index in [4.69, 9.17) is 0 Å². The Morgan fingerprint density at radius 1 is 1.12 bits per heavy atom. The van der Waals surface area contributed by atoms with Crippen LogP contribution in [-0.2, 0) is 0 Å². The molecule has 1 fully saturated rings. The molecule has 1 nitrogen and oxygen atoms in total. The molecular formula is C15H17FO. The molecule has 0 bridgehead atoms. The van der Waals surface area contributed by atoms with E-state index in [0.717, 1.165) is 0 Å². The number of hydrogen-bond donors (Lipinski definition) is 0. The normalized spacial score (nSPS) is 17.5. The third-order valence-electron chi connectivity index (χ3n) is 3.30. The molecule has 17 heavy (non-hydrogen) atoms. The van der Waals surface area contributed by atoms with E-state index in [1.54, 1.807) is 6.08 Å². The van der Waals surface area contributed by atoms with Gasteiger partial charge in [-0.25, -0.2) is 4.39 Å². The van der Waals surface area contributed by atoms with Crippen LogP contribution in [0.5, 0.6) is 0 Å². The first-order valence-corrected chi connectivity index (χ1v) is 6.24. The van der Waals surface area contributed by atoms with Gasteiger partial charge < -0.3 is 0 Å². The fraction of sp³-hybridized carbons (Fsp3) is 0.400. The van der Waals surface area contributed by atoms with Gasteiger partial charge in [-0.2, -0.15) is 0 Å². The predicted octanol–water partition coefficient (Wildman–Crippen LogP) is 4.14. The van der Waals surface area contributed by atoms with Gasteiger partial charge in [0.15, 0.2) is 5.78 Å². The Hall–Kier alpha value is -1.44. The van der Waals surface area contributed by atoms with Crippen LogP contribution >= 0.6 is 0 Å². The van der Waals surface area contributed by atoms with Crippen LogP contribution in [-0.4, -0.2) is 5.78 Å².